The Balaban J connectivity index is 1.15. The first-order chi connectivity index (χ1) is 18.4. The number of hydrogen-bond acceptors (Lipinski definition) is 7. The van der Waals surface area contributed by atoms with Crippen molar-refractivity contribution >= 4 is 23.8 Å². The van der Waals surface area contributed by atoms with E-state index in [-0.39, 0.29) is 18.4 Å². The van der Waals surface area contributed by atoms with E-state index in [0.29, 0.717) is 23.7 Å². The van der Waals surface area contributed by atoms with Crippen LogP contribution in [-0.2, 0) is 20.2 Å². The lowest BCUT2D eigenvalue weighted by Crippen LogP contribution is -2.46. The molecular weight excluding hydrogens is 500 g/mol. The highest BCUT2D eigenvalue weighted by Crippen LogP contribution is 2.39. The van der Waals surface area contributed by atoms with E-state index < -0.39 is 0 Å². The fraction of sp³-hybridized carbons (Fsp3) is 0.429. The Morgan fingerprint density at radius 1 is 1.13 bits per heavy atom. The molecule has 1 aliphatic heterocycles. The van der Waals surface area contributed by atoms with Gasteiger partial charge in [0.05, 0.1) is 17.0 Å². The molecule has 0 radical (unpaired) electrons. The zero-order chi connectivity index (χ0) is 26.6. The molecule has 2 aliphatic rings. The lowest BCUT2D eigenvalue weighted by Gasteiger charge is -2.33. The summed E-state index contributed by atoms with van der Waals surface area (Å²) in [6.45, 7) is 5.87. The SMILES string of the molecule is CSN1CCN(C(=O)c2ccc(COc3cccc(CNC(=O)c4cc(C5CC5)nn4C)c3C)nc2)CC1. The number of piperazine rings is 1. The third-order valence-corrected chi connectivity index (χ3v) is 8.08. The summed E-state index contributed by atoms with van der Waals surface area (Å²) < 4.78 is 9.98. The number of rotatable bonds is 9. The highest BCUT2D eigenvalue weighted by molar-refractivity contribution is 7.96. The first kappa shape index (κ1) is 26.2. The van der Waals surface area contributed by atoms with Gasteiger partial charge in [0.25, 0.3) is 11.8 Å². The molecule has 1 saturated heterocycles. The summed E-state index contributed by atoms with van der Waals surface area (Å²) in [5.41, 5.74) is 4.87. The van der Waals surface area contributed by atoms with Crippen LogP contribution in [0.5, 0.6) is 5.75 Å². The maximum Gasteiger partial charge on any atom is 0.269 e. The number of benzene rings is 1. The zero-order valence-electron chi connectivity index (χ0n) is 22.1. The van der Waals surface area contributed by atoms with Crippen molar-refractivity contribution in [2.45, 2.75) is 38.8 Å². The number of nitrogens with zero attached hydrogens (tertiary/aromatic N) is 5. The van der Waals surface area contributed by atoms with Gasteiger partial charge in [0.1, 0.15) is 18.1 Å². The molecule has 2 aromatic heterocycles. The van der Waals surface area contributed by atoms with Gasteiger partial charge in [-0.2, -0.15) is 5.10 Å². The van der Waals surface area contributed by atoms with Gasteiger partial charge in [-0.3, -0.25) is 19.3 Å². The number of aryl methyl sites for hydroxylation is 1. The van der Waals surface area contributed by atoms with E-state index in [0.717, 1.165) is 67.3 Å². The molecule has 5 rings (SSSR count). The second-order valence-electron chi connectivity index (χ2n) is 9.81. The summed E-state index contributed by atoms with van der Waals surface area (Å²) in [7, 11) is 1.81. The van der Waals surface area contributed by atoms with E-state index in [4.69, 9.17) is 4.74 Å². The zero-order valence-corrected chi connectivity index (χ0v) is 23.0. The topological polar surface area (TPSA) is 92.6 Å². The summed E-state index contributed by atoms with van der Waals surface area (Å²) in [6.07, 6.45) is 6.00. The van der Waals surface area contributed by atoms with Gasteiger partial charge in [0.2, 0.25) is 0 Å². The Labute approximate surface area is 227 Å². The van der Waals surface area contributed by atoms with Crippen molar-refractivity contribution in [3.05, 3.63) is 76.4 Å². The summed E-state index contributed by atoms with van der Waals surface area (Å²) >= 11 is 1.72. The highest BCUT2D eigenvalue weighted by atomic mass is 32.2. The average Bonchev–Trinajstić information content (AvgIpc) is 3.73. The van der Waals surface area contributed by atoms with Gasteiger partial charge in [-0.15, -0.1) is 0 Å². The second kappa shape index (κ2) is 11.6. The molecule has 0 bridgehead atoms. The van der Waals surface area contributed by atoms with Gasteiger partial charge in [0, 0.05) is 51.9 Å². The Hall–Kier alpha value is -3.37. The standard InChI is InChI=1S/C28H34N6O3S/c1-19-21(16-30-27(35)25-15-24(20-7-8-20)31-32(25)2)5-4-6-26(19)37-18-23-10-9-22(17-29-23)28(36)33-11-13-34(38-3)14-12-33/h4-6,9-10,15,17,20H,7-8,11-14,16,18H2,1-3H3,(H,30,35). The number of ether oxygens (including phenoxy) is 1. The van der Waals surface area contributed by atoms with Gasteiger partial charge in [-0.1, -0.05) is 24.1 Å². The molecule has 3 heterocycles. The van der Waals surface area contributed by atoms with Crippen molar-refractivity contribution in [1.82, 2.24) is 29.3 Å². The molecule has 1 aromatic carbocycles. The molecule has 200 valence electrons. The first-order valence-electron chi connectivity index (χ1n) is 13.0. The normalized spacial score (nSPS) is 15.9. The lowest BCUT2D eigenvalue weighted by molar-refractivity contribution is 0.0703. The number of hydrogen-bond donors (Lipinski definition) is 1. The molecule has 10 heteroatoms. The maximum absolute atomic E-state index is 12.8. The van der Waals surface area contributed by atoms with Crippen molar-refractivity contribution in [2.24, 2.45) is 7.05 Å². The van der Waals surface area contributed by atoms with Gasteiger partial charge >= 0.3 is 0 Å². The van der Waals surface area contributed by atoms with Gasteiger partial charge < -0.3 is 15.0 Å². The van der Waals surface area contributed by atoms with Crippen LogP contribution in [0.3, 0.4) is 0 Å². The first-order valence-corrected chi connectivity index (χ1v) is 14.2. The molecule has 38 heavy (non-hydrogen) atoms. The molecule has 9 nitrogen and oxygen atoms in total. The van der Waals surface area contributed by atoms with Crippen molar-refractivity contribution in [3.63, 3.8) is 0 Å². The van der Waals surface area contributed by atoms with Crippen LogP contribution >= 0.6 is 11.9 Å². The molecule has 1 N–H and O–H groups in total. The number of pyridine rings is 1. The Morgan fingerprint density at radius 3 is 2.61 bits per heavy atom. The molecule has 0 atom stereocenters. The fourth-order valence-electron chi connectivity index (χ4n) is 4.60. The summed E-state index contributed by atoms with van der Waals surface area (Å²) in [6, 6.07) is 11.4. The van der Waals surface area contributed by atoms with Crippen molar-refractivity contribution < 1.29 is 14.3 Å². The minimum atomic E-state index is -0.136. The predicted molar refractivity (Wildman–Crippen MR) is 147 cm³/mol. The van der Waals surface area contributed by atoms with E-state index in [9.17, 15) is 9.59 Å². The number of carbonyl (C=O) groups is 2. The van der Waals surface area contributed by atoms with Crippen LogP contribution < -0.4 is 10.1 Å². The average molecular weight is 535 g/mol. The smallest absolute Gasteiger partial charge is 0.269 e. The monoisotopic (exact) mass is 534 g/mol. The van der Waals surface area contributed by atoms with Crippen LogP contribution in [0.2, 0.25) is 0 Å². The van der Waals surface area contributed by atoms with Crippen molar-refractivity contribution in [3.8, 4) is 5.75 Å². The molecule has 2 fully saturated rings. The molecule has 3 aromatic rings. The minimum Gasteiger partial charge on any atom is -0.487 e. The van der Waals surface area contributed by atoms with Crippen LogP contribution in [-0.4, -0.2) is 68.2 Å². The van der Waals surface area contributed by atoms with Crippen molar-refractivity contribution in [1.29, 1.82) is 0 Å². The fourth-order valence-corrected chi connectivity index (χ4v) is 5.13. The van der Waals surface area contributed by atoms with Gasteiger partial charge in [0.15, 0.2) is 0 Å². The Morgan fingerprint density at radius 2 is 1.92 bits per heavy atom. The summed E-state index contributed by atoms with van der Waals surface area (Å²) in [5.74, 6) is 1.13. The van der Waals surface area contributed by atoms with Gasteiger partial charge in [-0.25, -0.2) is 4.31 Å². The Kier molecular flexibility index (Phi) is 7.99. The number of aromatic nitrogens is 3. The molecule has 1 saturated carbocycles. The van der Waals surface area contributed by atoms with Crippen molar-refractivity contribution in [2.75, 3.05) is 32.4 Å². The minimum absolute atomic E-state index is 0.0196. The largest absolute Gasteiger partial charge is 0.487 e. The number of nitrogens with one attached hydrogen (secondary N) is 1. The molecular formula is C28H34N6O3S. The van der Waals surface area contributed by atoms with Crippen LogP contribution in [0.15, 0.2) is 42.6 Å². The summed E-state index contributed by atoms with van der Waals surface area (Å²) in [5, 5.41) is 7.50. The van der Waals surface area contributed by atoms with E-state index in [1.807, 2.05) is 55.3 Å². The van der Waals surface area contributed by atoms with E-state index in [1.54, 1.807) is 22.8 Å². The second-order valence-corrected chi connectivity index (χ2v) is 10.7. The Bertz CT molecular complexity index is 1300. The van der Waals surface area contributed by atoms with Gasteiger partial charge in [-0.05, 0) is 61.4 Å². The molecule has 0 spiro atoms. The maximum atomic E-state index is 12.8. The van der Waals surface area contributed by atoms with Crippen LogP contribution in [0.25, 0.3) is 0 Å². The third-order valence-electron chi connectivity index (χ3n) is 7.19. The number of amides is 2. The molecule has 0 unspecified atom stereocenters. The van der Waals surface area contributed by atoms with E-state index in [1.165, 1.54) is 0 Å². The predicted octanol–water partition coefficient (Wildman–Crippen LogP) is 3.55. The molecule has 1 aliphatic carbocycles. The third kappa shape index (κ3) is 6.02. The number of carbonyl (C=O) groups excluding carboxylic acids is 2. The highest BCUT2D eigenvalue weighted by Gasteiger charge is 2.28. The lowest BCUT2D eigenvalue weighted by atomic mass is 10.1. The molecule has 2 amide bonds. The quantitative estimate of drug-likeness (QED) is 0.420. The van der Waals surface area contributed by atoms with E-state index in [2.05, 4.69) is 26.0 Å². The summed E-state index contributed by atoms with van der Waals surface area (Å²) in [4.78, 5) is 31.9. The van der Waals surface area contributed by atoms with Crippen LogP contribution in [0.1, 0.15) is 62.1 Å². The van der Waals surface area contributed by atoms with Crippen LogP contribution in [0, 0.1) is 6.92 Å². The van der Waals surface area contributed by atoms with Crippen LogP contribution in [0.4, 0.5) is 0 Å². The van der Waals surface area contributed by atoms with E-state index >= 15 is 0 Å².